The maximum Gasteiger partial charge on any atom is 0.203 e. The second kappa shape index (κ2) is 7.52. The molecule has 2 atom stereocenters. The molecular weight excluding hydrogens is 270 g/mol. The van der Waals surface area contributed by atoms with Crippen LogP contribution in [0.1, 0.15) is 31.4 Å². The molecule has 0 saturated carbocycles. The molecule has 1 aromatic carbocycles. The predicted octanol–water partition coefficient (Wildman–Crippen LogP) is 2.54. The van der Waals surface area contributed by atoms with Gasteiger partial charge in [0, 0.05) is 12.2 Å². The van der Waals surface area contributed by atoms with E-state index in [4.69, 9.17) is 18.9 Å². The summed E-state index contributed by atoms with van der Waals surface area (Å²) >= 11 is 0. The number of hydrogen-bond donors (Lipinski definition) is 1. The van der Waals surface area contributed by atoms with E-state index in [1.807, 2.05) is 12.1 Å². The van der Waals surface area contributed by atoms with Crippen LogP contribution in [0.5, 0.6) is 17.2 Å². The number of rotatable bonds is 7. The van der Waals surface area contributed by atoms with Crippen LogP contribution in [0.15, 0.2) is 12.1 Å². The van der Waals surface area contributed by atoms with Gasteiger partial charge in [-0.05, 0) is 31.5 Å². The second-order valence-electron chi connectivity index (χ2n) is 5.01. The summed E-state index contributed by atoms with van der Waals surface area (Å²) in [5.41, 5.74) is 1.05. The number of ether oxygens (including phenoxy) is 4. The Morgan fingerprint density at radius 1 is 1.19 bits per heavy atom. The molecule has 0 amide bonds. The van der Waals surface area contributed by atoms with E-state index in [0.717, 1.165) is 31.6 Å². The summed E-state index contributed by atoms with van der Waals surface area (Å²) < 4.78 is 22.3. The van der Waals surface area contributed by atoms with Gasteiger partial charge in [0.1, 0.15) is 0 Å². The zero-order valence-electron chi connectivity index (χ0n) is 13.3. The second-order valence-corrected chi connectivity index (χ2v) is 5.01. The Kier molecular flexibility index (Phi) is 5.70. The molecule has 118 valence electrons. The summed E-state index contributed by atoms with van der Waals surface area (Å²) in [6, 6.07) is 4.03. The fourth-order valence-corrected chi connectivity index (χ4v) is 2.90. The summed E-state index contributed by atoms with van der Waals surface area (Å²) in [4.78, 5) is 0. The third-order valence-corrected chi connectivity index (χ3v) is 3.83. The lowest BCUT2D eigenvalue weighted by atomic mass is 9.97. The van der Waals surface area contributed by atoms with Crippen molar-refractivity contribution in [1.29, 1.82) is 0 Å². The molecule has 0 spiro atoms. The summed E-state index contributed by atoms with van der Waals surface area (Å²) in [5, 5.41) is 3.50. The van der Waals surface area contributed by atoms with Crippen LogP contribution in [0, 0.1) is 0 Å². The van der Waals surface area contributed by atoms with Crippen molar-refractivity contribution in [2.24, 2.45) is 0 Å². The maximum absolute atomic E-state index is 5.86. The van der Waals surface area contributed by atoms with Crippen molar-refractivity contribution in [2.75, 3.05) is 34.5 Å². The van der Waals surface area contributed by atoms with Gasteiger partial charge in [-0.25, -0.2) is 0 Å². The number of benzene rings is 1. The Labute approximate surface area is 126 Å². The van der Waals surface area contributed by atoms with E-state index in [0.29, 0.717) is 17.2 Å². The first-order chi connectivity index (χ1) is 10.3. The minimum absolute atomic E-state index is 0.0901. The van der Waals surface area contributed by atoms with Gasteiger partial charge in [0.25, 0.3) is 0 Å². The Balaban J connectivity index is 2.43. The molecule has 0 aromatic heterocycles. The molecule has 0 aliphatic carbocycles. The Bertz CT molecular complexity index is 458. The third-order valence-electron chi connectivity index (χ3n) is 3.83. The zero-order chi connectivity index (χ0) is 15.2. The van der Waals surface area contributed by atoms with E-state index in [1.54, 1.807) is 21.3 Å². The molecular formula is C16H25NO4. The van der Waals surface area contributed by atoms with E-state index in [2.05, 4.69) is 12.2 Å². The molecule has 1 heterocycles. The molecule has 1 saturated heterocycles. The smallest absolute Gasteiger partial charge is 0.203 e. The van der Waals surface area contributed by atoms with Crippen LogP contribution in [0.4, 0.5) is 0 Å². The van der Waals surface area contributed by atoms with Crippen molar-refractivity contribution in [3.63, 3.8) is 0 Å². The van der Waals surface area contributed by atoms with Crippen LogP contribution < -0.4 is 19.5 Å². The van der Waals surface area contributed by atoms with E-state index >= 15 is 0 Å². The monoisotopic (exact) mass is 295 g/mol. The van der Waals surface area contributed by atoms with Gasteiger partial charge in [0.05, 0.1) is 33.5 Å². The molecule has 0 radical (unpaired) electrons. The fourth-order valence-electron chi connectivity index (χ4n) is 2.90. The lowest BCUT2D eigenvalue weighted by Gasteiger charge is -2.27. The van der Waals surface area contributed by atoms with Crippen LogP contribution in [0.3, 0.4) is 0 Å². The zero-order valence-corrected chi connectivity index (χ0v) is 13.3. The number of nitrogens with one attached hydrogen (secondary N) is 1. The van der Waals surface area contributed by atoms with Crippen LogP contribution in [-0.2, 0) is 4.74 Å². The van der Waals surface area contributed by atoms with Crippen LogP contribution in [0.25, 0.3) is 0 Å². The van der Waals surface area contributed by atoms with Gasteiger partial charge in [-0.3, -0.25) is 0 Å². The average Bonchev–Trinajstić information content (AvgIpc) is 3.05. The third kappa shape index (κ3) is 3.24. The number of hydrogen-bond acceptors (Lipinski definition) is 5. The number of methoxy groups -OCH3 is 3. The van der Waals surface area contributed by atoms with Crippen LogP contribution >= 0.6 is 0 Å². The molecule has 1 fully saturated rings. The molecule has 5 nitrogen and oxygen atoms in total. The maximum atomic E-state index is 5.86. The fraction of sp³-hybridized carbons (Fsp3) is 0.625. The Morgan fingerprint density at radius 2 is 1.95 bits per heavy atom. The molecule has 1 aliphatic heterocycles. The Hall–Kier alpha value is -1.46. The lowest BCUT2D eigenvalue weighted by Crippen LogP contribution is -2.32. The molecule has 1 aromatic rings. The highest BCUT2D eigenvalue weighted by Crippen LogP contribution is 2.43. The summed E-state index contributed by atoms with van der Waals surface area (Å²) in [5.74, 6) is 2.00. The van der Waals surface area contributed by atoms with E-state index in [-0.39, 0.29) is 12.1 Å². The van der Waals surface area contributed by atoms with E-state index in [9.17, 15) is 0 Å². The molecule has 0 bridgehead atoms. The van der Waals surface area contributed by atoms with Gasteiger partial charge in [0.2, 0.25) is 5.75 Å². The van der Waals surface area contributed by atoms with Gasteiger partial charge in [-0.1, -0.05) is 6.92 Å². The lowest BCUT2D eigenvalue weighted by molar-refractivity contribution is 0.0778. The minimum Gasteiger partial charge on any atom is -0.493 e. The van der Waals surface area contributed by atoms with Crippen LogP contribution in [-0.4, -0.2) is 40.6 Å². The van der Waals surface area contributed by atoms with Crippen molar-refractivity contribution in [1.82, 2.24) is 5.32 Å². The molecule has 1 aliphatic rings. The highest BCUT2D eigenvalue weighted by molar-refractivity contribution is 5.57. The average molecular weight is 295 g/mol. The minimum atomic E-state index is 0.0901. The Morgan fingerprint density at radius 3 is 2.48 bits per heavy atom. The first-order valence-electron chi connectivity index (χ1n) is 7.40. The summed E-state index contributed by atoms with van der Waals surface area (Å²) in [6.45, 7) is 3.78. The molecule has 5 heteroatoms. The first kappa shape index (κ1) is 15.9. The van der Waals surface area contributed by atoms with E-state index in [1.165, 1.54) is 0 Å². The SMILES string of the molecule is CCNC(c1ccc(OC)c(OC)c1OC)C1CCCO1. The van der Waals surface area contributed by atoms with Crippen molar-refractivity contribution in [3.05, 3.63) is 17.7 Å². The van der Waals surface area contributed by atoms with Gasteiger partial charge in [0.15, 0.2) is 11.5 Å². The van der Waals surface area contributed by atoms with Gasteiger partial charge in [-0.15, -0.1) is 0 Å². The van der Waals surface area contributed by atoms with Crippen molar-refractivity contribution >= 4 is 0 Å². The highest BCUT2D eigenvalue weighted by atomic mass is 16.5. The molecule has 1 N–H and O–H groups in total. The van der Waals surface area contributed by atoms with E-state index < -0.39 is 0 Å². The largest absolute Gasteiger partial charge is 0.493 e. The normalized spacial score (nSPS) is 19.3. The van der Waals surface area contributed by atoms with Gasteiger partial charge >= 0.3 is 0 Å². The highest BCUT2D eigenvalue weighted by Gasteiger charge is 2.30. The predicted molar refractivity (Wildman–Crippen MR) is 81.5 cm³/mol. The number of likely N-dealkylation sites (N-methyl/N-ethyl adjacent to an activating group) is 1. The van der Waals surface area contributed by atoms with Gasteiger partial charge in [-0.2, -0.15) is 0 Å². The quantitative estimate of drug-likeness (QED) is 0.837. The topological polar surface area (TPSA) is 49.0 Å². The van der Waals surface area contributed by atoms with Crippen LogP contribution in [0.2, 0.25) is 0 Å². The standard InChI is InChI=1S/C16H25NO4/c1-5-17-14(12-7-6-10-21-12)11-8-9-13(18-2)16(20-4)15(11)19-3/h8-9,12,14,17H,5-7,10H2,1-4H3. The molecule has 2 unspecified atom stereocenters. The molecule has 2 rings (SSSR count). The summed E-state index contributed by atoms with van der Waals surface area (Å²) in [7, 11) is 4.90. The summed E-state index contributed by atoms with van der Waals surface area (Å²) in [6.07, 6.45) is 2.31. The van der Waals surface area contributed by atoms with Crippen molar-refractivity contribution in [2.45, 2.75) is 31.9 Å². The van der Waals surface area contributed by atoms with Gasteiger partial charge < -0.3 is 24.3 Å². The molecule has 21 heavy (non-hydrogen) atoms. The first-order valence-corrected chi connectivity index (χ1v) is 7.40. The van der Waals surface area contributed by atoms with Crippen molar-refractivity contribution in [3.8, 4) is 17.2 Å². The van der Waals surface area contributed by atoms with Crippen molar-refractivity contribution < 1.29 is 18.9 Å².